The average Bonchev–Trinajstić information content (AvgIpc) is 2.89. The molecule has 0 atom stereocenters. The van der Waals surface area contributed by atoms with Gasteiger partial charge in [0.1, 0.15) is 23.0 Å². The van der Waals surface area contributed by atoms with Gasteiger partial charge in [0, 0.05) is 30.4 Å². The van der Waals surface area contributed by atoms with Crippen LogP contribution >= 0.6 is 11.6 Å². The summed E-state index contributed by atoms with van der Waals surface area (Å²) >= 11 is 6.42. The van der Waals surface area contributed by atoms with Gasteiger partial charge >= 0.3 is 0 Å². The van der Waals surface area contributed by atoms with E-state index >= 15 is 0 Å². The van der Waals surface area contributed by atoms with Crippen molar-refractivity contribution in [3.05, 3.63) is 71.8 Å². The Labute approximate surface area is 216 Å². The molecular weight excluding hydrogens is 503 g/mol. The number of hydrogen-bond acceptors (Lipinski definition) is 7. The number of fused-ring (bicyclic) bond motifs is 1. The number of nitrogens with zero attached hydrogens (tertiary/aromatic N) is 3. The first-order valence-corrected chi connectivity index (χ1v) is 11.3. The number of rotatable bonds is 8. The molecule has 0 fully saturated rings. The third kappa shape index (κ3) is 5.87. The summed E-state index contributed by atoms with van der Waals surface area (Å²) in [4.78, 5) is 34.7. The fourth-order valence-corrected chi connectivity index (χ4v) is 3.65. The van der Waals surface area contributed by atoms with Gasteiger partial charge in [-0.2, -0.15) is 0 Å². The Morgan fingerprint density at radius 2 is 1.70 bits per heavy atom. The molecule has 11 heteroatoms. The summed E-state index contributed by atoms with van der Waals surface area (Å²) in [5.41, 5.74) is 1.36. The summed E-state index contributed by atoms with van der Waals surface area (Å²) in [7, 11) is 4.56. The van der Waals surface area contributed by atoms with Crippen molar-refractivity contribution in [2.75, 3.05) is 31.5 Å². The Morgan fingerprint density at radius 1 is 1.00 bits per heavy atom. The molecule has 0 aliphatic rings. The summed E-state index contributed by atoms with van der Waals surface area (Å²) < 4.78 is 29.7. The first kappa shape index (κ1) is 25.6. The highest BCUT2D eigenvalue weighted by Crippen LogP contribution is 2.38. The van der Waals surface area contributed by atoms with E-state index in [0.717, 1.165) is 0 Å². The van der Waals surface area contributed by atoms with Gasteiger partial charge in [-0.25, -0.2) is 9.37 Å². The van der Waals surface area contributed by atoms with Gasteiger partial charge in [-0.05, 0) is 42.5 Å². The van der Waals surface area contributed by atoms with Crippen LogP contribution in [0.4, 0.5) is 15.8 Å². The molecule has 0 unspecified atom stereocenters. The van der Waals surface area contributed by atoms with Crippen LogP contribution in [0.3, 0.4) is 0 Å². The third-order valence-electron chi connectivity index (χ3n) is 5.41. The zero-order valence-corrected chi connectivity index (χ0v) is 20.9. The molecule has 37 heavy (non-hydrogen) atoms. The number of amides is 2. The van der Waals surface area contributed by atoms with E-state index in [1.54, 1.807) is 24.4 Å². The van der Waals surface area contributed by atoms with Crippen molar-refractivity contribution in [2.24, 2.45) is 0 Å². The second-order valence-electron chi connectivity index (χ2n) is 7.80. The topological polar surface area (TPSA) is 103 Å². The standard InChI is InChI=1S/C26H22ClFN4O5/c1-32(25(34)13-24(33)31-16-6-4-15(28)5-7-16)17-10-19(27)26(30-14-17)37-21-8-9-29-20-12-23(36-3)22(35-2)11-18(20)21/h4-12,14H,13H2,1-3H3,(H,31,33). The van der Waals surface area contributed by atoms with Crippen molar-refractivity contribution >= 4 is 45.7 Å². The zero-order chi connectivity index (χ0) is 26.5. The zero-order valence-electron chi connectivity index (χ0n) is 20.1. The minimum atomic E-state index is -0.543. The molecule has 0 radical (unpaired) electrons. The number of hydrogen-bond donors (Lipinski definition) is 1. The first-order chi connectivity index (χ1) is 17.8. The quantitative estimate of drug-likeness (QED) is 0.315. The smallest absolute Gasteiger partial charge is 0.238 e. The molecule has 0 spiro atoms. The van der Waals surface area contributed by atoms with E-state index in [-0.39, 0.29) is 10.9 Å². The number of ether oxygens (including phenoxy) is 3. The molecular formula is C26H22ClFN4O5. The minimum Gasteiger partial charge on any atom is -0.493 e. The lowest BCUT2D eigenvalue weighted by molar-refractivity contribution is -0.125. The highest BCUT2D eigenvalue weighted by atomic mass is 35.5. The molecule has 0 aliphatic heterocycles. The van der Waals surface area contributed by atoms with Crippen LogP contribution in [0.2, 0.25) is 5.02 Å². The molecule has 190 valence electrons. The molecule has 2 aromatic heterocycles. The molecule has 1 N–H and O–H groups in total. The second kappa shape index (κ2) is 11.1. The number of halogens is 2. The van der Waals surface area contributed by atoms with Crippen molar-refractivity contribution in [3.8, 4) is 23.1 Å². The van der Waals surface area contributed by atoms with Crippen LogP contribution in [0.5, 0.6) is 23.1 Å². The van der Waals surface area contributed by atoms with E-state index in [2.05, 4.69) is 15.3 Å². The van der Waals surface area contributed by atoms with E-state index in [9.17, 15) is 14.0 Å². The van der Waals surface area contributed by atoms with Gasteiger partial charge in [0.25, 0.3) is 0 Å². The van der Waals surface area contributed by atoms with Crippen molar-refractivity contribution in [2.45, 2.75) is 6.42 Å². The Balaban J connectivity index is 1.48. The largest absolute Gasteiger partial charge is 0.493 e. The maximum Gasteiger partial charge on any atom is 0.238 e. The van der Waals surface area contributed by atoms with Gasteiger partial charge < -0.3 is 24.4 Å². The first-order valence-electron chi connectivity index (χ1n) is 10.9. The van der Waals surface area contributed by atoms with Crippen LogP contribution in [0.1, 0.15) is 6.42 Å². The Kier molecular flexibility index (Phi) is 7.69. The Bertz CT molecular complexity index is 1470. The highest BCUT2D eigenvalue weighted by Gasteiger charge is 2.19. The number of carbonyl (C=O) groups excluding carboxylic acids is 2. The lowest BCUT2D eigenvalue weighted by Gasteiger charge is -2.18. The van der Waals surface area contributed by atoms with E-state index in [4.69, 9.17) is 25.8 Å². The highest BCUT2D eigenvalue weighted by molar-refractivity contribution is 6.32. The Hall–Kier alpha value is -4.44. The van der Waals surface area contributed by atoms with Crippen LogP contribution in [0, 0.1) is 5.82 Å². The number of carbonyl (C=O) groups is 2. The summed E-state index contributed by atoms with van der Waals surface area (Å²) in [6.07, 6.45) is 2.55. The molecule has 4 aromatic rings. The number of methoxy groups -OCH3 is 2. The molecule has 0 saturated heterocycles. The van der Waals surface area contributed by atoms with Crippen molar-refractivity contribution in [1.82, 2.24) is 9.97 Å². The fourth-order valence-electron chi connectivity index (χ4n) is 3.45. The monoisotopic (exact) mass is 524 g/mol. The third-order valence-corrected chi connectivity index (χ3v) is 5.68. The molecule has 0 saturated carbocycles. The van der Waals surface area contributed by atoms with Gasteiger partial charge in [0.15, 0.2) is 11.5 Å². The lowest BCUT2D eigenvalue weighted by atomic mass is 10.2. The summed E-state index contributed by atoms with van der Waals surface area (Å²) in [5, 5.41) is 3.35. The van der Waals surface area contributed by atoms with Gasteiger partial charge in [0.2, 0.25) is 17.7 Å². The molecule has 0 aliphatic carbocycles. The number of anilines is 2. The average molecular weight is 525 g/mol. The molecule has 2 aromatic carbocycles. The molecule has 4 rings (SSSR count). The van der Waals surface area contributed by atoms with E-state index in [1.165, 1.54) is 62.7 Å². The molecule has 9 nitrogen and oxygen atoms in total. The van der Waals surface area contributed by atoms with Gasteiger partial charge in [0.05, 0.1) is 31.6 Å². The number of nitrogens with one attached hydrogen (secondary N) is 1. The number of aromatic nitrogens is 2. The lowest BCUT2D eigenvalue weighted by Crippen LogP contribution is -2.30. The van der Waals surface area contributed by atoms with E-state index in [0.29, 0.717) is 39.5 Å². The number of benzene rings is 2. The fraction of sp³-hybridized carbons (Fsp3) is 0.154. The Morgan fingerprint density at radius 3 is 2.38 bits per heavy atom. The SMILES string of the molecule is COc1cc2nccc(Oc3ncc(N(C)C(=O)CC(=O)Nc4ccc(F)cc4)cc3Cl)c2cc1OC. The minimum absolute atomic E-state index is 0.114. The van der Waals surface area contributed by atoms with Crippen molar-refractivity contribution < 1.29 is 28.2 Å². The van der Waals surface area contributed by atoms with E-state index < -0.39 is 24.1 Å². The van der Waals surface area contributed by atoms with Crippen LogP contribution in [-0.2, 0) is 9.59 Å². The molecule has 2 heterocycles. The van der Waals surface area contributed by atoms with E-state index in [1.807, 2.05) is 0 Å². The van der Waals surface area contributed by atoms with Crippen molar-refractivity contribution in [1.29, 1.82) is 0 Å². The van der Waals surface area contributed by atoms with Crippen LogP contribution < -0.4 is 24.4 Å². The maximum absolute atomic E-state index is 13.0. The van der Waals surface area contributed by atoms with Gasteiger partial charge in [-0.1, -0.05) is 11.6 Å². The summed E-state index contributed by atoms with van der Waals surface area (Å²) in [6.45, 7) is 0. The van der Waals surface area contributed by atoms with Crippen molar-refractivity contribution in [3.63, 3.8) is 0 Å². The summed E-state index contributed by atoms with van der Waals surface area (Å²) in [6, 6.07) is 11.9. The predicted molar refractivity (Wildman–Crippen MR) is 137 cm³/mol. The van der Waals surface area contributed by atoms with Crippen LogP contribution in [0.15, 0.2) is 60.9 Å². The number of pyridine rings is 2. The summed E-state index contributed by atoms with van der Waals surface area (Å²) in [5.74, 6) is 0.122. The van der Waals surface area contributed by atoms with Crippen LogP contribution in [-0.4, -0.2) is 43.0 Å². The van der Waals surface area contributed by atoms with Crippen LogP contribution in [0.25, 0.3) is 10.9 Å². The van der Waals surface area contributed by atoms with Gasteiger partial charge in [-0.15, -0.1) is 0 Å². The maximum atomic E-state index is 13.0. The molecule has 0 bridgehead atoms. The normalized spacial score (nSPS) is 10.6. The van der Waals surface area contributed by atoms with Gasteiger partial charge in [-0.3, -0.25) is 14.6 Å². The predicted octanol–water partition coefficient (Wildman–Crippen LogP) is 5.22. The second-order valence-corrected chi connectivity index (χ2v) is 8.21. The molecule has 2 amide bonds.